The lowest BCUT2D eigenvalue weighted by molar-refractivity contribution is -0.135. The van der Waals surface area contributed by atoms with Crippen LogP contribution >= 0.6 is 11.3 Å². The number of ether oxygens (including phenoxy) is 1. The Morgan fingerprint density at radius 2 is 1.81 bits per heavy atom. The maximum Gasteiger partial charge on any atom is 0.291 e. The highest BCUT2D eigenvalue weighted by atomic mass is 32.2. The number of halogens is 2. The second-order valence-electron chi connectivity index (χ2n) is 14.9. The fourth-order valence-electron chi connectivity index (χ4n) is 6.73. The standard InChI is InChI=1S/C31H45F2N7O4S2Si/c1-19(2)30(41)38-16-20-8-9-21(17-38)40(20)24-15-22(46(42,43)39(31(3)10-11-31)18-44-12-13-47(5,6)7)14-23-25(36-37(4)26(23)24)28-34-35-29(45-28)27(32)33/h14-15,19-21,27H,8-13,16-18H2,1-7H3. The number of hydrogen-bond acceptors (Lipinski definition) is 9. The van der Waals surface area contributed by atoms with E-state index in [4.69, 9.17) is 9.84 Å². The number of aryl methyl sites for hydroxylation is 1. The van der Waals surface area contributed by atoms with Crippen molar-refractivity contribution in [2.75, 3.05) is 31.3 Å². The van der Waals surface area contributed by atoms with Crippen molar-refractivity contribution >= 4 is 51.9 Å². The van der Waals surface area contributed by atoms with Crippen molar-refractivity contribution < 1.29 is 26.7 Å². The minimum Gasteiger partial charge on any atom is -0.365 e. The number of rotatable bonds is 12. The molecule has 2 unspecified atom stereocenters. The van der Waals surface area contributed by atoms with Gasteiger partial charge in [-0.05, 0) is 50.8 Å². The van der Waals surface area contributed by atoms with Crippen LogP contribution in [0.1, 0.15) is 57.9 Å². The zero-order chi connectivity index (χ0) is 34.1. The number of carbonyl (C=O) groups is 1. The van der Waals surface area contributed by atoms with Gasteiger partial charge < -0.3 is 14.5 Å². The van der Waals surface area contributed by atoms with Crippen LogP contribution in [0.25, 0.3) is 21.6 Å². The molecule has 1 amide bonds. The van der Waals surface area contributed by atoms with Crippen LogP contribution in [0, 0.1) is 5.92 Å². The summed E-state index contributed by atoms with van der Waals surface area (Å²) < 4.78 is 65.6. The first-order chi connectivity index (χ1) is 22.0. The fourth-order valence-corrected chi connectivity index (χ4v) is 9.94. The molecule has 258 valence electrons. The van der Waals surface area contributed by atoms with E-state index in [1.807, 2.05) is 25.7 Å². The molecule has 2 atom stereocenters. The monoisotopic (exact) mass is 709 g/mol. The van der Waals surface area contributed by atoms with Gasteiger partial charge in [-0.2, -0.15) is 9.40 Å². The Balaban J connectivity index is 1.46. The summed E-state index contributed by atoms with van der Waals surface area (Å²) in [6.07, 6.45) is 0.400. The highest BCUT2D eigenvalue weighted by molar-refractivity contribution is 7.89. The van der Waals surface area contributed by atoms with E-state index in [1.165, 1.54) is 4.31 Å². The van der Waals surface area contributed by atoms with E-state index in [0.717, 1.165) is 43.1 Å². The molecule has 1 aliphatic carbocycles. The molecule has 3 fully saturated rings. The minimum absolute atomic E-state index is 0.00938. The molecular weight excluding hydrogens is 665 g/mol. The first-order valence-corrected chi connectivity index (χ1v) is 22.3. The highest BCUT2D eigenvalue weighted by Crippen LogP contribution is 2.47. The summed E-state index contributed by atoms with van der Waals surface area (Å²) in [4.78, 5) is 17.3. The number of amides is 1. The summed E-state index contributed by atoms with van der Waals surface area (Å²) in [6.45, 7) is 14.0. The third-order valence-electron chi connectivity index (χ3n) is 9.66. The van der Waals surface area contributed by atoms with E-state index < -0.39 is 35.1 Å². The van der Waals surface area contributed by atoms with E-state index in [-0.39, 0.29) is 40.5 Å². The average Bonchev–Trinajstić information content (AvgIpc) is 3.29. The molecule has 6 rings (SSSR count). The molecule has 1 aromatic carbocycles. The number of hydrogen-bond donors (Lipinski definition) is 0. The number of nitrogens with zero attached hydrogens (tertiary/aromatic N) is 7. The molecule has 4 heterocycles. The van der Waals surface area contributed by atoms with Crippen LogP contribution in [0.4, 0.5) is 14.5 Å². The summed E-state index contributed by atoms with van der Waals surface area (Å²) in [6, 6.07) is 4.24. The number of sulfonamides is 1. The Hall–Kier alpha value is -2.53. The van der Waals surface area contributed by atoms with Gasteiger partial charge >= 0.3 is 0 Å². The van der Waals surface area contributed by atoms with Crippen LogP contribution in [-0.4, -0.2) is 95.6 Å². The molecule has 2 aromatic heterocycles. The van der Waals surface area contributed by atoms with Crippen LogP contribution in [0.15, 0.2) is 17.0 Å². The van der Waals surface area contributed by atoms with E-state index >= 15 is 0 Å². The zero-order valence-corrected chi connectivity index (χ0v) is 30.8. The van der Waals surface area contributed by atoms with Gasteiger partial charge in [0.2, 0.25) is 15.9 Å². The maximum atomic E-state index is 14.7. The molecule has 3 aliphatic rings. The van der Waals surface area contributed by atoms with Crippen molar-refractivity contribution in [3.05, 3.63) is 17.1 Å². The van der Waals surface area contributed by atoms with Crippen LogP contribution in [0.5, 0.6) is 0 Å². The lowest BCUT2D eigenvalue weighted by Crippen LogP contribution is -2.56. The van der Waals surface area contributed by atoms with Crippen LogP contribution in [0.2, 0.25) is 25.7 Å². The largest absolute Gasteiger partial charge is 0.365 e. The molecule has 16 heteroatoms. The minimum atomic E-state index is -4.07. The SMILES string of the molecule is CC(C)C(=O)N1CC2CCC(C1)N2c1cc(S(=O)(=O)N(COCC[Si](C)(C)C)C2(C)CC2)cc2c(-c3nnc(C(F)F)s3)nn(C)c12. The quantitative estimate of drug-likeness (QED) is 0.133. The molecule has 0 N–H and O–H groups in total. The number of alkyl halides is 2. The predicted molar refractivity (Wildman–Crippen MR) is 181 cm³/mol. The molecule has 0 radical (unpaired) electrons. The Kier molecular flexibility index (Phi) is 9.07. The highest BCUT2D eigenvalue weighted by Gasteiger charge is 2.50. The summed E-state index contributed by atoms with van der Waals surface area (Å²) in [5.74, 6) is -0.00655. The zero-order valence-electron chi connectivity index (χ0n) is 28.2. The maximum absolute atomic E-state index is 14.7. The Bertz CT molecular complexity index is 1760. The van der Waals surface area contributed by atoms with Crippen LogP contribution in [0.3, 0.4) is 0 Å². The van der Waals surface area contributed by atoms with Gasteiger partial charge in [-0.3, -0.25) is 9.48 Å². The van der Waals surface area contributed by atoms with Gasteiger partial charge in [0.15, 0.2) is 10.0 Å². The predicted octanol–water partition coefficient (Wildman–Crippen LogP) is 5.72. The van der Waals surface area contributed by atoms with Gasteiger partial charge in [0.1, 0.15) is 12.4 Å². The third kappa shape index (κ3) is 6.59. The number of fused-ring (bicyclic) bond motifs is 3. The van der Waals surface area contributed by atoms with Gasteiger partial charge in [0.25, 0.3) is 6.43 Å². The molecule has 2 bridgehead atoms. The number of likely N-dealkylation sites (tertiary alicyclic amines) is 1. The molecule has 47 heavy (non-hydrogen) atoms. The Morgan fingerprint density at radius 3 is 2.36 bits per heavy atom. The number of benzene rings is 1. The number of piperazine rings is 1. The van der Waals surface area contributed by atoms with Gasteiger partial charge in [-0.1, -0.05) is 44.8 Å². The van der Waals surface area contributed by atoms with E-state index in [9.17, 15) is 22.0 Å². The fraction of sp³-hybridized carbons (Fsp3) is 0.677. The van der Waals surface area contributed by atoms with Crippen LogP contribution < -0.4 is 4.90 Å². The summed E-state index contributed by atoms with van der Waals surface area (Å²) >= 11 is 0.750. The first kappa shape index (κ1) is 34.3. The van der Waals surface area contributed by atoms with Gasteiger partial charge in [0, 0.05) is 63.7 Å². The van der Waals surface area contributed by atoms with Crippen LogP contribution in [-0.2, 0) is 26.6 Å². The summed E-state index contributed by atoms with van der Waals surface area (Å²) in [5, 5.41) is 12.7. The Morgan fingerprint density at radius 1 is 1.15 bits per heavy atom. The van der Waals surface area contributed by atoms with Gasteiger partial charge in [-0.25, -0.2) is 17.2 Å². The number of carbonyl (C=O) groups excluding carboxylic acids is 1. The molecular formula is C31H45F2N7O4S2Si. The van der Waals surface area contributed by atoms with Crippen molar-refractivity contribution in [2.24, 2.45) is 13.0 Å². The molecule has 2 saturated heterocycles. The summed E-state index contributed by atoms with van der Waals surface area (Å²) in [5.41, 5.74) is 1.13. The number of anilines is 1. The van der Waals surface area contributed by atoms with Crippen molar-refractivity contribution in [1.82, 2.24) is 29.2 Å². The van der Waals surface area contributed by atoms with Crippen molar-refractivity contribution in [2.45, 2.75) is 101 Å². The van der Waals surface area contributed by atoms with Gasteiger partial charge in [-0.15, -0.1) is 10.2 Å². The van der Waals surface area contributed by atoms with Crippen molar-refractivity contribution in [3.8, 4) is 10.7 Å². The first-order valence-electron chi connectivity index (χ1n) is 16.3. The lowest BCUT2D eigenvalue weighted by Gasteiger charge is -2.43. The molecule has 1 saturated carbocycles. The average molecular weight is 710 g/mol. The number of aromatic nitrogens is 4. The van der Waals surface area contributed by atoms with E-state index in [2.05, 4.69) is 34.7 Å². The Labute approximate surface area is 280 Å². The molecule has 3 aromatic rings. The van der Waals surface area contributed by atoms with E-state index in [1.54, 1.807) is 23.9 Å². The van der Waals surface area contributed by atoms with Crippen molar-refractivity contribution in [3.63, 3.8) is 0 Å². The lowest BCUT2D eigenvalue weighted by atomic mass is 10.1. The normalized spacial score (nSPS) is 21.2. The molecule has 11 nitrogen and oxygen atoms in total. The third-order valence-corrected chi connectivity index (χ3v) is 14.3. The molecule has 0 spiro atoms. The second kappa shape index (κ2) is 12.4. The second-order valence-corrected chi connectivity index (χ2v) is 23.4. The van der Waals surface area contributed by atoms with Crippen molar-refractivity contribution in [1.29, 1.82) is 0 Å². The summed E-state index contributed by atoms with van der Waals surface area (Å²) in [7, 11) is -3.69. The topological polar surface area (TPSA) is 114 Å². The van der Waals surface area contributed by atoms with Gasteiger partial charge in [0.05, 0.1) is 16.1 Å². The smallest absolute Gasteiger partial charge is 0.291 e. The van der Waals surface area contributed by atoms with E-state index in [0.29, 0.717) is 42.0 Å². The molecule has 2 aliphatic heterocycles.